The summed E-state index contributed by atoms with van der Waals surface area (Å²) in [7, 11) is 1.22. The van der Waals surface area contributed by atoms with E-state index in [0.717, 1.165) is 0 Å². The van der Waals surface area contributed by atoms with E-state index in [1.807, 2.05) is 0 Å². The van der Waals surface area contributed by atoms with Crippen molar-refractivity contribution in [2.45, 2.75) is 25.5 Å². The van der Waals surface area contributed by atoms with Crippen molar-refractivity contribution in [1.29, 1.82) is 0 Å². The quantitative estimate of drug-likeness (QED) is 0.548. The molecule has 0 bridgehead atoms. The summed E-state index contributed by atoms with van der Waals surface area (Å²) in [6, 6.07) is 0. The van der Waals surface area contributed by atoms with E-state index in [4.69, 9.17) is 0 Å². The molecule has 0 radical (unpaired) electrons. The Morgan fingerprint density at radius 1 is 1.50 bits per heavy atom. The van der Waals surface area contributed by atoms with Crippen LogP contribution in [0.25, 0.3) is 0 Å². The van der Waals surface area contributed by atoms with Gasteiger partial charge in [-0.1, -0.05) is 20.8 Å². The van der Waals surface area contributed by atoms with Crippen LogP contribution < -0.4 is 4.65 Å². The third kappa shape index (κ3) is 6.74. The van der Waals surface area contributed by atoms with Crippen molar-refractivity contribution in [2.75, 3.05) is 0 Å². The van der Waals surface area contributed by atoms with Gasteiger partial charge in [-0.2, -0.15) is 11.2 Å². The maximum absolute atomic E-state index is 3.36. The van der Waals surface area contributed by atoms with Gasteiger partial charge in [0.15, 0.2) is 0 Å². The van der Waals surface area contributed by atoms with E-state index < -0.39 is 0 Å². The largest absolute Gasteiger partial charge is 0.363 e. The van der Waals surface area contributed by atoms with Crippen LogP contribution in [-0.4, -0.2) is 24.0 Å². The summed E-state index contributed by atoms with van der Waals surface area (Å²) in [6.07, 6.45) is 0. The van der Waals surface area contributed by atoms with E-state index in [-0.39, 0.29) is 8.83 Å². The van der Waals surface area contributed by atoms with Gasteiger partial charge in [0.05, 0.1) is 10.4 Å². The zero-order chi connectivity index (χ0) is 6.62. The molecule has 1 N–H and O–H groups in total. The van der Waals surface area contributed by atoms with Crippen LogP contribution in [0.2, 0.25) is 0 Å². The first kappa shape index (κ1) is 8.74. The lowest BCUT2D eigenvalue weighted by Gasteiger charge is -2.16. The van der Waals surface area contributed by atoms with Crippen molar-refractivity contribution in [3.8, 4) is 0 Å². The predicted molar refractivity (Wildman–Crippen MR) is 49.0 cm³/mol. The lowest BCUT2D eigenvalue weighted by molar-refractivity contribution is 0.809. The third-order valence-electron chi connectivity index (χ3n) is 0.650. The molecule has 0 aromatic rings. The standard InChI is InChI=1S/C4H15NSSi2/c1-4(2,3)6-8-5-7/h5H,8H2,1-3,7H3. The smallest absolute Gasteiger partial charge is 0.149 e. The highest BCUT2D eigenvalue weighted by Gasteiger charge is 2.07. The first-order valence-electron chi connectivity index (χ1n) is 2.85. The van der Waals surface area contributed by atoms with Crippen molar-refractivity contribution >= 4 is 30.4 Å². The molecule has 0 atom stereocenters. The minimum Gasteiger partial charge on any atom is -0.363 e. The average molecular weight is 165 g/mol. The van der Waals surface area contributed by atoms with Crippen LogP contribution in [0.5, 0.6) is 0 Å². The number of rotatable bonds is 2. The first-order chi connectivity index (χ1) is 3.56. The van der Waals surface area contributed by atoms with Gasteiger partial charge in [-0.05, 0) is 0 Å². The van der Waals surface area contributed by atoms with Crippen molar-refractivity contribution < 1.29 is 0 Å². The van der Waals surface area contributed by atoms with Gasteiger partial charge < -0.3 is 4.65 Å². The summed E-state index contributed by atoms with van der Waals surface area (Å²) in [5.41, 5.74) is 0. The summed E-state index contributed by atoms with van der Waals surface area (Å²) < 4.78 is 3.85. The molecule has 0 saturated carbocycles. The van der Waals surface area contributed by atoms with Crippen LogP contribution in [0, 0.1) is 0 Å². The van der Waals surface area contributed by atoms with Crippen LogP contribution in [0.3, 0.4) is 0 Å². The summed E-state index contributed by atoms with van der Waals surface area (Å²) in [5, 5.41) is 0. The molecule has 0 heterocycles. The van der Waals surface area contributed by atoms with Crippen LogP contribution in [0.15, 0.2) is 0 Å². The van der Waals surface area contributed by atoms with Crippen LogP contribution in [0.1, 0.15) is 20.8 Å². The Hall–Kier alpha value is 0.744. The second kappa shape index (κ2) is 3.71. The van der Waals surface area contributed by atoms with Gasteiger partial charge in [0.25, 0.3) is 0 Å². The molecule has 8 heavy (non-hydrogen) atoms. The topological polar surface area (TPSA) is 12.0 Å². The van der Waals surface area contributed by atoms with Crippen LogP contribution >= 0.6 is 11.2 Å². The van der Waals surface area contributed by atoms with Gasteiger partial charge in [-0.25, -0.2) is 0 Å². The van der Waals surface area contributed by atoms with E-state index in [2.05, 4.69) is 36.6 Å². The highest BCUT2D eigenvalue weighted by atomic mass is 32.4. The molecule has 50 valence electrons. The van der Waals surface area contributed by atoms with Gasteiger partial charge in [0.2, 0.25) is 0 Å². The van der Waals surface area contributed by atoms with Crippen molar-refractivity contribution in [3.63, 3.8) is 0 Å². The van der Waals surface area contributed by atoms with Crippen LogP contribution in [0.4, 0.5) is 0 Å². The predicted octanol–water partition coefficient (Wildman–Crippen LogP) is -0.613. The molecular weight excluding hydrogens is 150 g/mol. The second-order valence-corrected chi connectivity index (χ2v) is 9.12. The molecule has 0 aliphatic heterocycles. The van der Waals surface area contributed by atoms with E-state index in [9.17, 15) is 0 Å². The Balaban J connectivity index is 3.11. The fraction of sp³-hybridized carbons (Fsp3) is 1.00. The van der Waals surface area contributed by atoms with Crippen molar-refractivity contribution in [1.82, 2.24) is 4.65 Å². The Morgan fingerprint density at radius 2 is 2.00 bits per heavy atom. The highest BCUT2D eigenvalue weighted by molar-refractivity contribution is 8.23. The molecule has 0 aromatic heterocycles. The van der Waals surface area contributed by atoms with Crippen LogP contribution in [-0.2, 0) is 0 Å². The normalized spacial score (nSPS) is 13.9. The Kier molecular flexibility index (Phi) is 4.05. The summed E-state index contributed by atoms with van der Waals surface area (Å²) in [6.45, 7) is 6.80. The number of nitrogens with one attached hydrogen (secondary N) is 1. The zero-order valence-corrected chi connectivity index (χ0v) is 10.3. The Morgan fingerprint density at radius 3 is 2.12 bits per heavy atom. The minimum atomic E-state index is 0.0459. The monoisotopic (exact) mass is 165 g/mol. The second-order valence-electron chi connectivity index (χ2n) is 2.75. The molecule has 4 heteroatoms. The minimum absolute atomic E-state index is 0.0459. The first-order valence-corrected chi connectivity index (χ1v) is 7.27. The number of hydrogen-bond donors (Lipinski definition) is 1. The number of hydrogen-bond acceptors (Lipinski definition) is 2. The van der Waals surface area contributed by atoms with Gasteiger partial charge in [-0.3, -0.25) is 0 Å². The molecular formula is C4H15NSSi2. The Labute approximate surface area is 61.1 Å². The lowest BCUT2D eigenvalue weighted by atomic mass is 10.3. The van der Waals surface area contributed by atoms with Crippen molar-refractivity contribution in [2.24, 2.45) is 0 Å². The maximum atomic E-state index is 3.36. The molecule has 0 saturated heterocycles. The summed E-state index contributed by atoms with van der Waals surface area (Å²) in [4.78, 5) is 0. The molecule has 0 rings (SSSR count). The fourth-order valence-electron chi connectivity index (χ4n) is 0.289. The Bertz CT molecular complexity index is 61.5. The molecule has 0 aliphatic carbocycles. The molecule has 0 aromatic carbocycles. The molecule has 1 nitrogen and oxygen atoms in total. The zero-order valence-electron chi connectivity index (χ0n) is 6.12. The molecule has 0 aliphatic rings. The summed E-state index contributed by atoms with van der Waals surface area (Å²) >= 11 is 2.10. The molecule has 0 fully saturated rings. The van der Waals surface area contributed by atoms with Crippen molar-refractivity contribution in [3.05, 3.63) is 0 Å². The molecule has 0 amide bonds. The van der Waals surface area contributed by atoms with E-state index in [1.165, 1.54) is 10.4 Å². The average Bonchev–Trinajstić information content (AvgIpc) is 1.59. The van der Waals surface area contributed by atoms with E-state index >= 15 is 0 Å². The van der Waals surface area contributed by atoms with Gasteiger partial charge >= 0.3 is 0 Å². The van der Waals surface area contributed by atoms with Gasteiger partial charge in [-0.15, -0.1) is 0 Å². The van der Waals surface area contributed by atoms with E-state index in [0.29, 0.717) is 4.75 Å². The summed E-state index contributed by atoms with van der Waals surface area (Å²) in [5.74, 6) is 0. The fourth-order valence-corrected chi connectivity index (χ4v) is 3.90. The third-order valence-corrected chi connectivity index (χ3v) is 8.44. The van der Waals surface area contributed by atoms with E-state index in [1.54, 1.807) is 0 Å². The molecule has 0 spiro atoms. The van der Waals surface area contributed by atoms with Gasteiger partial charge in [0, 0.05) is 4.75 Å². The lowest BCUT2D eigenvalue weighted by Crippen LogP contribution is -2.18. The maximum Gasteiger partial charge on any atom is 0.149 e. The molecule has 0 unspecified atom stereocenters. The SMILES string of the molecule is CC(C)(C)S[SiH2]N[SiH3]. The highest BCUT2D eigenvalue weighted by Crippen LogP contribution is 2.19. The van der Waals surface area contributed by atoms with Gasteiger partial charge in [0.1, 0.15) is 8.83 Å².